The SMILES string of the molecule is O=c1[nH]c(-c2cn([C@H]3[C@@H](O)[C@@H](CO)O[C@@H](S[C@@H]4O[C@H](CO)[C@H](O)[C@H](n5cc(-c6cc(F)c(F)c(F)c6)nn5)[C@H]4O)[C@@H]3O)nn2)cs1. The Bertz CT molecular complexity index is 1720. The molecule has 7 N–H and O–H groups in total. The fourth-order valence-corrected chi connectivity index (χ4v) is 7.22. The molecule has 0 unspecified atom stereocenters. The molecule has 0 amide bonds. The molecule has 0 bridgehead atoms. The molecule has 4 aromatic rings. The number of nitrogens with zero attached hydrogens (tertiary/aromatic N) is 6. The van der Waals surface area contributed by atoms with Crippen LogP contribution in [-0.2, 0) is 9.47 Å². The number of hydrogen-bond donors (Lipinski definition) is 7. The minimum absolute atomic E-state index is 0.124. The van der Waals surface area contributed by atoms with Crippen molar-refractivity contribution in [1.82, 2.24) is 35.0 Å². The van der Waals surface area contributed by atoms with Gasteiger partial charge in [-0.2, -0.15) is 0 Å². The normalized spacial score (nSPS) is 31.8. The van der Waals surface area contributed by atoms with Gasteiger partial charge in [-0.25, -0.2) is 22.5 Å². The molecule has 248 valence electrons. The van der Waals surface area contributed by atoms with Gasteiger partial charge in [0.25, 0.3) is 0 Å². The summed E-state index contributed by atoms with van der Waals surface area (Å²) >= 11 is 1.61. The molecule has 0 radical (unpaired) electrons. The maximum absolute atomic E-state index is 13.8. The summed E-state index contributed by atoms with van der Waals surface area (Å²) in [5.74, 6) is -4.61. The summed E-state index contributed by atoms with van der Waals surface area (Å²) in [4.78, 5) is 13.8. The lowest BCUT2D eigenvalue weighted by atomic mass is 9.97. The summed E-state index contributed by atoms with van der Waals surface area (Å²) in [6.07, 6.45) is -6.30. The van der Waals surface area contributed by atoms with Gasteiger partial charge in [0.05, 0.1) is 31.3 Å². The molecule has 46 heavy (non-hydrogen) atoms. The summed E-state index contributed by atoms with van der Waals surface area (Å²) in [7, 11) is 0. The summed E-state index contributed by atoms with van der Waals surface area (Å²) in [6, 6.07) is -1.21. The van der Waals surface area contributed by atoms with Crippen molar-refractivity contribution in [3.63, 3.8) is 0 Å². The predicted molar refractivity (Wildman–Crippen MR) is 150 cm³/mol. The Labute approximate surface area is 263 Å². The van der Waals surface area contributed by atoms with Gasteiger partial charge >= 0.3 is 4.87 Å². The third-order valence-corrected chi connectivity index (χ3v) is 9.66. The van der Waals surface area contributed by atoms with E-state index in [0.717, 1.165) is 26.9 Å². The van der Waals surface area contributed by atoms with E-state index in [4.69, 9.17) is 9.47 Å². The van der Waals surface area contributed by atoms with Gasteiger partial charge in [-0.3, -0.25) is 4.79 Å². The Balaban J connectivity index is 1.25. The predicted octanol–water partition coefficient (Wildman–Crippen LogP) is -1.24. The van der Waals surface area contributed by atoms with Crippen LogP contribution in [0.1, 0.15) is 12.1 Å². The molecule has 6 rings (SSSR count). The van der Waals surface area contributed by atoms with E-state index in [9.17, 15) is 48.6 Å². The van der Waals surface area contributed by atoms with Crippen LogP contribution >= 0.6 is 23.1 Å². The molecule has 16 nitrogen and oxygen atoms in total. The zero-order valence-corrected chi connectivity index (χ0v) is 24.7. The van der Waals surface area contributed by atoms with E-state index in [1.165, 1.54) is 11.6 Å². The van der Waals surface area contributed by atoms with Crippen LogP contribution in [0.15, 0.2) is 34.7 Å². The highest BCUT2D eigenvalue weighted by Crippen LogP contribution is 2.42. The van der Waals surface area contributed by atoms with Gasteiger partial charge in [0.2, 0.25) is 0 Å². The number of thiazole rings is 1. The zero-order chi connectivity index (χ0) is 32.9. The molecule has 21 heteroatoms. The Morgan fingerprint density at radius 3 is 1.80 bits per heavy atom. The zero-order valence-electron chi connectivity index (χ0n) is 23.1. The van der Waals surface area contributed by atoms with E-state index in [1.54, 1.807) is 0 Å². The number of hydrogen-bond acceptors (Lipinski definition) is 15. The van der Waals surface area contributed by atoms with Crippen molar-refractivity contribution in [3.05, 3.63) is 57.0 Å². The van der Waals surface area contributed by atoms with E-state index in [0.29, 0.717) is 29.6 Å². The Morgan fingerprint density at radius 1 is 0.826 bits per heavy atom. The molecule has 1 aromatic carbocycles. The number of H-pyrrole nitrogens is 1. The molecule has 0 aliphatic carbocycles. The monoisotopic (exact) mass is 689 g/mol. The second kappa shape index (κ2) is 13.1. The number of aromatic nitrogens is 7. The fourth-order valence-electron chi connectivity index (χ4n) is 5.33. The number of ether oxygens (including phenoxy) is 2. The molecule has 2 aliphatic heterocycles. The lowest BCUT2D eigenvalue weighted by Gasteiger charge is -2.46. The second-order valence-corrected chi connectivity index (χ2v) is 12.6. The van der Waals surface area contributed by atoms with Crippen LogP contribution < -0.4 is 4.87 Å². The largest absolute Gasteiger partial charge is 0.394 e. The third-order valence-electron chi connectivity index (χ3n) is 7.67. The van der Waals surface area contributed by atoms with Crippen LogP contribution in [0.3, 0.4) is 0 Å². The quantitative estimate of drug-likeness (QED) is 0.107. The van der Waals surface area contributed by atoms with Crippen molar-refractivity contribution in [2.24, 2.45) is 0 Å². The van der Waals surface area contributed by atoms with Crippen LogP contribution in [0.4, 0.5) is 13.2 Å². The molecule has 2 aliphatic rings. The van der Waals surface area contributed by atoms with Gasteiger partial charge in [0.1, 0.15) is 71.0 Å². The van der Waals surface area contributed by atoms with Gasteiger partial charge in [-0.05, 0) is 12.1 Å². The molecular formula is C25H26F3N7O9S2. The summed E-state index contributed by atoms with van der Waals surface area (Å²) in [5.41, 5.74) is -2.35. The number of aliphatic hydroxyl groups excluding tert-OH is 6. The molecular weight excluding hydrogens is 663 g/mol. The first kappa shape index (κ1) is 32.7. The maximum Gasteiger partial charge on any atom is 0.304 e. The molecule has 10 atom stereocenters. The number of rotatable bonds is 8. The minimum atomic E-state index is -1.68. The Morgan fingerprint density at radius 2 is 1.33 bits per heavy atom. The van der Waals surface area contributed by atoms with E-state index >= 15 is 0 Å². The van der Waals surface area contributed by atoms with E-state index < -0.39 is 90.2 Å². The number of halogens is 3. The summed E-state index contributed by atoms with van der Waals surface area (Å²) < 4.78 is 54.7. The van der Waals surface area contributed by atoms with Crippen LogP contribution in [0.2, 0.25) is 0 Å². The van der Waals surface area contributed by atoms with Crippen LogP contribution in [0.5, 0.6) is 0 Å². The van der Waals surface area contributed by atoms with Gasteiger partial charge < -0.3 is 45.1 Å². The van der Waals surface area contributed by atoms with E-state index in [2.05, 4.69) is 25.6 Å². The third kappa shape index (κ3) is 5.98. The fraction of sp³-hybridized carbons (Fsp3) is 0.480. The van der Waals surface area contributed by atoms with Crippen LogP contribution in [0, 0.1) is 17.5 Å². The number of benzene rings is 1. The molecule has 5 heterocycles. The molecule has 2 saturated heterocycles. The van der Waals surface area contributed by atoms with Crippen molar-refractivity contribution < 1.29 is 53.3 Å². The highest BCUT2D eigenvalue weighted by molar-refractivity contribution is 8.00. The first-order valence-corrected chi connectivity index (χ1v) is 15.4. The highest BCUT2D eigenvalue weighted by atomic mass is 32.2. The lowest BCUT2D eigenvalue weighted by Crippen LogP contribution is -2.58. The molecule has 0 saturated carbocycles. The second-order valence-electron chi connectivity index (χ2n) is 10.5. The minimum Gasteiger partial charge on any atom is -0.394 e. The summed E-state index contributed by atoms with van der Waals surface area (Å²) in [6.45, 7) is -1.40. The molecule has 3 aromatic heterocycles. The molecule has 2 fully saturated rings. The van der Waals surface area contributed by atoms with E-state index in [1.807, 2.05) is 0 Å². The van der Waals surface area contributed by atoms with Crippen molar-refractivity contribution >= 4 is 23.1 Å². The first-order chi connectivity index (χ1) is 22.0. The smallest absolute Gasteiger partial charge is 0.304 e. The Kier molecular flexibility index (Phi) is 9.31. The number of nitrogens with one attached hydrogen (secondary N) is 1. The van der Waals surface area contributed by atoms with Gasteiger partial charge in [0, 0.05) is 10.9 Å². The topological polar surface area (TPSA) is 234 Å². The van der Waals surface area contributed by atoms with Gasteiger partial charge in [0.15, 0.2) is 17.5 Å². The van der Waals surface area contributed by atoms with Crippen molar-refractivity contribution in [3.8, 4) is 22.6 Å². The maximum atomic E-state index is 13.8. The van der Waals surface area contributed by atoms with Crippen LogP contribution in [0.25, 0.3) is 22.6 Å². The highest BCUT2D eigenvalue weighted by Gasteiger charge is 2.51. The average molecular weight is 690 g/mol. The van der Waals surface area contributed by atoms with E-state index in [-0.39, 0.29) is 21.8 Å². The Hall–Kier alpha value is -3.25. The molecule has 0 spiro atoms. The van der Waals surface area contributed by atoms with Crippen molar-refractivity contribution in [2.75, 3.05) is 13.2 Å². The number of thioether (sulfide) groups is 1. The summed E-state index contributed by atoms with van der Waals surface area (Å²) in [5, 5.41) is 81.5. The van der Waals surface area contributed by atoms with Gasteiger partial charge in [-0.15, -0.1) is 10.2 Å². The average Bonchev–Trinajstić information content (AvgIpc) is 3.80. The standard InChI is InChI=1S/C25H26F3N7O9S2/c26-9-1-8(2-10(27)16(9)28)11-3-34(32-30-11)17-19(38)14(5-36)43-23(21(17)40)46-24-22(41)18(20(39)15(6-37)44-24)35-4-12(31-33-35)13-7-45-25(42)29-13/h1-4,7,14-15,17-24,36-41H,5-6H2,(H,29,42)/t14-,15-,17+,18+,19+,20+,21-,22-,23+,24+/m1/s1. The van der Waals surface area contributed by atoms with Crippen molar-refractivity contribution in [2.45, 2.75) is 59.6 Å². The number of aromatic amines is 1. The first-order valence-electron chi connectivity index (χ1n) is 13.6. The van der Waals surface area contributed by atoms with Gasteiger partial charge in [-0.1, -0.05) is 33.5 Å². The number of aliphatic hydroxyl groups is 6. The lowest BCUT2D eigenvalue weighted by molar-refractivity contribution is -0.189. The van der Waals surface area contributed by atoms with Crippen LogP contribution in [-0.4, -0.2) is 126 Å². The van der Waals surface area contributed by atoms with Crippen molar-refractivity contribution in [1.29, 1.82) is 0 Å².